The van der Waals surface area contributed by atoms with Crippen molar-refractivity contribution in [2.75, 3.05) is 41.7 Å². The number of nitrogens with two attached hydrogens (primary N) is 2. The van der Waals surface area contributed by atoms with E-state index in [2.05, 4.69) is 11.5 Å². The zero-order valence-electron chi connectivity index (χ0n) is 10.1. The molecule has 0 aromatic rings. The number of primary amides is 2. The predicted octanol–water partition coefficient (Wildman–Crippen LogP) is -0.193. The molecule has 0 bridgehead atoms. The van der Waals surface area contributed by atoms with Crippen molar-refractivity contribution in [3.8, 4) is 0 Å². The number of hydrogen-bond donors (Lipinski definition) is 2. The van der Waals surface area contributed by atoms with Crippen molar-refractivity contribution >= 4 is 6.03 Å². The van der Waals surface area contributed by atoms with Crippen LogP contribution in [0.4, 0.5) is 4.79 Å². The van der Waals surface area contributed by atoms with Gasteiger partial charge in [0.25, 0.3) is 5.95 Å². The second kappa shape index (κ2) is 11.6. The van der Waals surface area contributed by atoms with Gasteiger partial charge in [0, 0.05) is 14.2 Å². The van der Waals surface area contributed by atoms with Gasteiger partial charge in [-0.25, -0.2) is 4.79 Å². The molecule has 0 saturated heterocycles. The van der Waals surface area contributed by atoms with Gasteiger partial charge in [0.1, 0.15) is 0 Å². The van der Waals surface area contributed by atoms with Gasteiger partial charge >= 0.3 is 6.03 Å². The van der Waals surface area contributed by atoms with Crippen LogP contribution < -0.4 is 11.5 Å². The van der Waals surface area contributed by atoms with Crippen LogP contribution in [-0.2, 0) is 18.9 Å². The van der Waals surface area contributed by atoms with Crippen LogP contribution in [0.2, 0.25) is 0 Å². The van der Waals surface area contributed by atoms with E-state index < -0.39 is 6.03 Å². The fourth-order valence-electron chi connectivity index (χ4n) is 0.880. The molecule has 0 aliphatic carbocycles. The Morgan fingerprint density at radius 1 is 0.938 bits per heavy atom. The Morgan fingerprint density at radius 3 is 1.44 bits per heavy atom. The van der Waals surface area contributed by atoms with Gasteiger partial charge in [-0.05, 0) is 0 Å². The molecular weight excluding hydrogens is 216 g/mol. The first-order valence-corrected chi connectivity index (χ1v) is 4.36. The molecule has 0 atom stereocenters. The van der Waals surface area contributed by atoms with E-state index in [-0.39, 0.29) is 0 Å². The SMILES string of the molecule is COCC(COC)=C(OC)OC.NC(N)=O. The van der Waals surface area contributed by atoms with Gasteiger partial charge in [-0.3, -0.25) is 0 Å². The van der Waals surface area contributed by atoms with E-state index >= 15 is 0 Å². The zero-order valence-corrected chi connectivity index (χ0v) is 10.1. The van der Waals surface area contributed by atoms with E-state index in [9.17, 15) is 0 Å². The van der Waals surface area contributed by atoms with Gasteiger partial charge in [0.15, 0.2) is 0 Å². The van der Waals surface area contributed by atoms with Gasteiger partial charge in [-0.2, -0.15) is 0 Å². The fraction of sp³-hybridized carbons (Fsp3) is 0.667. The Morgan fingerprint density at radius 2 is 1.25 bits per heavy atom. The maximum atomic E-state index is 9.00. The van der Waals surface area contributed by atoms with Crippen molar-refractivity contribution in [3.05, 3.63) is 11.5 Å². The lowest BCUT2D eigenvalue weighted by Crippen LogP contribution is -2.18. The molecule has 0 aromatic carbocycles. The van der Waals surface area contributed by atoms with Crippen molar-refractivity contribution in [1.29, 1.82) is 0 Å². The number of urea groups is 1. The summed E-state index contributed by atoms with van der Waals surface area (Å²) in [5.74, 6) is 0.457. The van der Waals surface area contributed by atoms with E-state index in [1.165, 1.54) is 0 Å². The highest BCUT2D eigenvalue weighted by Gasteiger charge is 2.06. The molecule has 0 aliphatic heterocycles. The number of carbonyl (C=O) groups excluding carboxylic acids is 1. The first kappa shape index (κ1) is 16.9. The number of amides is 2. The van der Waals surface area contributed by atoms with Crippen LogP contribution in [0, 0.1) is 0 Å². The topological polar surface area (TPSA) is 106 Å². The average molecular weight is 236 g/mol. The van der Waals surface area contributed by atoms with Crippen LogP contribution in [0.15, 0.2) is 11.5 Å². The maximum absolute atomic E-state index is 9.00. The van der Waals surface area contributed by atoms with Crippen molar-refractivity contribution in [2.45, 2.75) is 0 Å². The van der Waals surface area contributed by atoms with Gasteiger partial charge in [-0.1, -0.05) is 0 Å². The van der Waals surface area contributed by atoms with Crippen molar-refractivity contribution in [2.24, 2.45) is 11.5 Å². The van der Waals surface area contributed by atoms with Crippen LogP contribution in [-0.4, -0.2) is 47.7 Å². The second-order valence-electron chi connectivity index (χ2n) is 2.57. The van der Waals surface area contributed by atoms with Crippen LogP contribution >= 0.6 is 0 Å². The molecule has 0 unspecified atom stereocenters. The monoisotopic (exact) mass is 236 g/mol. The molecule has 7 nitrogen and oxygen atoms in total. The van der Waals surface area contributed by atoms with Crippen molar-refractivity contribution in [1.82, 2.24) is 0 Å². The van der Waals surface area contributed by atoms with Crippen molar-refractivity contribution < 1.29 is 23.7 Å². The smallest absolute Gasteiger partial charge is 0.309 e. The van der Waals surface area contributed by atoms with Crippen LogP contribution in [0.3, 0.4) is 0 Å². The van der Waals surface area contributed by atoms with Crippen LogP contribution in [0.5, 0.6) is 0 Å². The third kappa shape index (κ3) is 10.6. The molecule has 0 heterocycles. The summed E-state index contributed by atoms with van der Waals surface area (Å²) in [6.07, 6.45) is 0. The Hall–Kier alpha value is -1.47. The number of methoxy groups -OCH3 is 4. The Bertz CT molecular complexity index is 200. The Kier molecular flexibility index (Phi) is 12.3. The number of rotatable bonds is 6. The fourth-order valence-corrected chi connectivity index (χ4v) is 0.880. The quantitative estimate of drug-likeness (QED) is 0.621. The lowest BCUT2D eigenvalue weighted by molar-refractivity contribution is 0.0746. The highest BCUT2D eigenvalue weighted by Crippen LogP contribution is 2.06. The summed E-state index contributed by atoms with van der Waals surface area (Å²) in [6.45, 7) is 0.899. The molecule has 2 amide bonds. The minimum absolute atomic E-state index is 0.449. The molecule has 0 aliphatic rings. The summed E-state index contributed by atoms with van der Waals surface area (Å²) >= 11 is 0. The molecule has 0 spiro atoms. The Labute approximate surface area is 95.3 Å². The highest BCUT2D eigenvalue weighted by molar-refractivity contribution is 5.69. The first-order valence-electron chi connectivity index (χ1n) is 4.36. The normalized spacial score (nSPS) is 8.50. The number of carbonyl (C=O) groups is 1. The zero-order chi connectivity index (χ0) is 13.0. The molecule has 96 valence electrons. The predicted molar refractivity (Wildman–Crippen MR) is 58.6 cm³/mol. The van der Waals surface area contributed by atoms with E-state index in [1.807, 2.05) is 0 Å². The lowest BCUT2D eigenvalue weighted by atomic mass is 10.3. The second-order valence-corrected chi connectivity index (χ2v) is 2.57. The van der Waals surface area contributed by atoms with Crippen LogP contribution in [0.25, 0.3) is 0 Å². The molecule has 0 rings (SSSR count). The number of ether oxygens (including phenoxy) is 4. The summed E-state index contributed by atoms with van der Waals surface area (Å²) in [7, 11) is 6.31. The molecule has 16 heavy (non-hydrogen) atoms. The number of hydrogen-bond acceptors (Lipinski definition) is 5. The Balaban J connectivity index is 0. The lowest BCUT2D eigenvalue weighted by Gasteiger charge is -2.10. The van der Waals surface area contributed by atoms with Gasteiger partial charge in [-0.15, -0.1) is 0 Å². The summed E-state index contributed by atoms with van der Waals surface area (Å²) < 4.78 is 19.8. The summed E-state index contributed by atoms with van der Waals surface area (Å²) in [5.41, 5.74) is 9.35. The van der Waals surface area contributed by atoms with Gasteiger partial charge < -0.3 is 30.4 Å². The minimum atomic E-state index is -0.833. The molecular formula is C9H20N2O5. The summed E-state index contributed by atoms with van der Waals surface area (Å²) in [5, 5.41) is 0. The minimum Gasteiger partial charge on any atom is -0.469 e. The molecule has 4 N–H and O–H groups in total. The highest BCUT2D eigenvalue weighted by atomic mass is 16.7. The van der Waals surface area contributed by atoms with Crippen molar-refractivity contribution in [3.63, 3.8) is 0 Å². The summed E-state index contributed by atoms with van der Waals surface area (Å²) in [6, 6.07) is -0.833. The largest absolute Gasteiger partial charge is 0.469 e. The van der Waals surface area contributed by atoms with E-state index in [0.29, 0.717) is 19.2 Å². The molecule has 0 radical (unpaired) electrons. The third-order valence-corrected chi connectivity index (χ3v) is 1.30. The molecule has 0 aromatic heterocycles. The van der Waals surface area contributed by atoms with Crippen LogP contribution in [0.1, 0.15) is 0 Å². The van der Waals surface area contributed by atoms with E-state index in [0.717, 1.165) is 5.57 Å². The molecule has 7 heteroatoms. The standard InChI is InChI=1S/C8H16O4.CH4N2O/c1-9-5-7(6-10-2)8(11-3)12-4;2-1(3)4/h5-6H2,1-4H3;(H4,2,3,4). The molecule has 0 fully saturated rings. The molecule has 0 saturated carbocycles. The van der Waals surface area contributed by atoms with E-state index in [1.54, 1.807) is 28.4 Å². The van der Waals surface area contributed by atoms with E-state index in [4.69, 9.17) is 23.7 Å². The maximum Gasteiger partial charge on any atom is 0.309 e. The van der Waals surface area contributed by atoms with Gasteiger partial charge in [0.2, 0.25) is 0 Å². The third-order valence-electron chi connectivity index (χ3n) is 1.30. The van der Waals surface area contributed by atoms with Gasteiger partial charge in [0.05, 0.1) is 33.0 Å². The average Bonchev–Trinajstić information content (AvgIpc) is 2.19. The first-order chi connectivity index (χ1) is 7.53. The summed E-state index contributed by atoms with van der Waals surface area (Å²) in [4.78, 5) is 9.00.